The van der Waals surface area contributed by atoms with Crippen LogP contribution < -0.4 is 5.73 Å². The number of likely N-dealkylation sites (tertiary alicyclic amines) is 1. The van der Waals surface area contributed by atoms with Crippen molar-refractivity contribution in [1.82, 2.24) is 25.1 Å². The first-order valence-electron chi connectivity index (χ1n) is 13.2. The number of benzene rings is 2. The minimum Gasteiger partial charge on any atom is -0.419 e. The van der Waals surface area contributed by atoms with E-state index in [2.05, 4.69) is 39.2 Å². The van der Waals surface area contributed by atoms with Gasteiger partial charge >= 0.3 is 0 Å². The van der Waals surface area contributed by atoms with Crippen LogP contribution in [0.5, 0.6) is 0 Å². The Morgan fingerprint density at radius 2 is 1.80 bits per heavy atom. The number of carbonyl (C=O) groups excluding carboxylic acids is 1. The number of rotatable bonds is 5. The van der Waals surface area contributed by atoms with Gasteiger partial charge < -0.3 is 15.1 Å². The smallest absolute Gasteiger partial charge is 0.254 e. The summed E-state index contributed by atoms with van der Waals surface area (Å²) in [6.45, 7) is 8.51. The average molecular weight is 573 g/mol. The third-order valence-electron chi connectivity index (χ3n) is 6.55. The highest BCUT2D eigenvalue weighted by molar-refractivity contribution is 7.10. The lowest BCUT2D eigenvalue weighted by atomic mass is 10.0. The second-order valence-corrected chi connectivity index (χ2v) is 11.9. The Balaban J connectivity index is 0.000000403. The van der Waals surface area contributed by atoms with Crippen LogP contribution in [0.2, 0.25) is 0 Å². The van der Waals surface area contributed by atoms with Gasteiger partial charge in [-0.1, -0.05) is 35.9 Å². The Hall–Kier alpha value is -3.73. The first-order chi connectivity index (χ1) is 19.3. The molecule has 5 aromatic rings. The predicted octanol–water partition coefficient (Wildman–Crippen LogP) is 6.93. The Morgan fingerprint density at radius 1 is 1.02 bits per heavy atom. The Labute approximate surface area is 241 Å². The molecule has 1 aliphatic heterocycles. The van der Waals surface area contributed by atoms with Crippen molar-refractivity contribution >= 4 is 28.6 Å². The van der Waals surface area contributed by atoms with E-state index < -0.39 is 0 Å². The monoisotopic (exact) mass is 572 g/mol. The normalized spacial score (nSPS) is 15.5. The maximum atomic E-state index is 13.7. The summed E-state index contributed by atoms with van der Waals surface area (Å²) in [6, 6.07) is 15.5. The molecular formula is C30H32N6O2S2. The zero-order valence-corrected chi connectivity index (χ0v) is 24.6. The highest BCUT2D eigenvalue weighted by atomic mass is 32.1. The number of aryl methyl sites for hydroxylation is 3. The van der Waals surface area contributed by atoms with Gasteiger partial charge in [0.15, 0.2) is 0 Å². The molecule has 1 fully saturated rings. The molecule has 6 rings (SSSR count). The SMILES string of the molecule is Cc1ccccc1.Cc1csc([C@H]2CCCN2C(=O)c2cc(-c3csc(C)n3)cc(-c3nnc(C(C)N)o3)c2)n1. The molecule has 10 heteroatoms. The van der Waals surface area contributed by atoms with E-state index in [1.54, 1.807) is 29.6 Å². The van der Waals surface area contributed by atoms with Crippen LogP contribution in [0.3, 0.4) is 0 Å². The minimum atomic E-state index is -0.371. The molecule has 2 atom stereocenters. The van der Waals surface area contributed by atoms with E-state index in [4.69, 9.17) is 10.2 Å². The topological polar surface area (TPSA) is 111 Å². The van der Waals surface area contributed by atoms with Crippen molar-refractivity contribution in [3.8, 4) is 22.7 Å². The number of carbonyl (C=O) groups is 1. The van der Waals surface area contributed by atoms with Crippen molar-refractivity contribution in [3.05, 3.63) is 92.0 Å². The van der Waals surface area contributed by atoms with Gasteiger partial charge in [0.05, 0.1) is 22.8 Å². The molecule has 8 nitrogen and oxygen atoms in total. The van der Waals surface area contributed by atoms with Crippen molar-refractivity contribution in [3.63, 3.8) is 0 Å². The number of nitrogens with zero attached hydrogens (tertiary/aromatic N) is 5. The quantitative estimate of drug-likeness (QED) is 0.243. The fourth-order valence-electron chi connectivity index (χ4n) is 4.55. The van der Waals surface area contributed by atoms with E-state index in [1.807, 2.05) is 65.9 Å². The lowest BCUT2D eigenvalue weighted by molar-refractivity contribution is 0.0735. The van der Waals surface area contributed by atoms with Gasteiger partial charge in [0.2, 0.25) is 11.8 Å². The summed E-state index contributed by atoms with van der Waals surface area (Å²) in [5.74, 6) is 0.650. The molecule has 206 valence electrons. The van der Waals surface area contributed by atoms with Crippen molar-refractivity contribution in [2.75, 3.05) is 6.54 Å². The molecule has 1 unspecified atom stereocenters. The van der Waals surface area contributed by atoms with Gasteiger partial charge in [0, 0.05) is 39.7 Å². The van der Waals surface area contributed by atoms with Gasteiger partial charge in [-0.3, -0.25) is 4.79 Å². The molecule has 1 amide bonds. The maximum Gasteiger partial charge on any atom is 0.254 e. The molecule has 40 heavy (non-hydrogen) atoms. The lowest BCUT2D eigenvalue weighted by Crippen LogP contribution is -2.30. The van der Waals surface area contributed by atoms with Crippen LogP contribution in [-0.2, 0) is 0 Å². The van der Waals surface area contributed by atoms with Gasteiger partial charge in [-0.05, 0) is 58.7 Å². The van der Waals surface area contributed by atoms with E-state index in [0.29, 0.717) is 29.5 Å². The lowest BCUT2D eigenvalue weighted by Gasteiger charge is -2.23. The number of nitrogens with two attached hydrogens (primary N) is 1. The van der Waals surface area contributed by atoms with Crippen LogP contribution in [0.15, 0.2) is 63.7 Å². The van der Waals surface area contributed by atoms with Crippen LogP contribution in [0.1, 0.15) is 69.4 Å². The van der Waals surface area contributed by atoms with E-state index in [-0.39, 0.29) is 18.0 Å². The summed E-state index contributed by atoms with van der Waals surface area (Å²) >= 11 is 3.18. The van der Waals surface area contributed by atoms with E-state index in [9.17, 15) is 4.79 Å². The summed E-state index contributed by atoms with van der Waals surface area (Å²) in [4.78, 5) is 24.9. The zero-order valence-electron chi connectivity index (χ0n) is 23.0. The molecule has 1 saturated heterocycles. The second kappa shape index (κ2) is 12.2. The molecule has 0 aliphatic carbocycles. The van der Waals surface area contributed by atoms with Crippen LogP contribution in [0.4, 0.5) is 0 Å². The number of hydrogen-bond acceptors (Lipinski definition) is 9. The maximum absolute atomic E-state index is 13.7. The summed E-state index contributed by atoms with van der Waals surface area (Å²) in [6.07, 6.45) is 1.87. The third-order valence-corrected chi connectivity index (χ3v) is 8.39. The standard InChI is InChI=1S/C23H24N6O2S2.C7H8/c1-12-10-33-22(25-12)19-5-4-6-29(19)23(30)17-8-15(18-11-32-14(3)26-18)7-16(9-17)21-28-27-20(31-21)13(2)24;1-7-5-3-2-4-6-7/h7-11,13,19H,4-6,24H2,1-3H3;2-6H,1H3/t13?,19-;/m1./s1. The molecule has 2 aromatic carbocycles. The van der Waals surface area contributed by atoms with Crippen molar-refractivity contribution < 1.29 is 9.21 Å². The highest BCUT2D eigenvalue weighted by Gasteiger charge is 2.33. The van der Waals surface area contributed by atoms with Gasteiger partial charge in [0.25, 0.3) is 5.91 Å². The molecule has 0 saturated carbocycles. The second-order valence-electron chi connectivity index (χ2n) is 9.92. The molecule has 4 heterocycles. The van der Waals surface area contributed by atoms with E-state index in [0.717, 1.165) is 39.8 Å². The fourth-order valence-corrected chi connectivity index (χ4v) is 6.11. The molecule has 0 spiro atoms. The van der Waals surface area contributed by atoms with Crippen molar-refractivity contribution in [1.29, 1.82) is 0 Å². The molecule has 0 radical (unpaired) electrons. The molecule has 2 N–H and O–H groups in total. The summed E-state index contributed by atoms with van der Waals surface area (Å²) < 4.78 is 5.78. The molecule has 3 aromatic heterocycles. The van der Waals surface area contributed by atoms with Gasteiger partial charge in [-0.25, -0.2) is 9.97 Å². The van der Waals surface area contributed by atoms with Crippen molar-refractivity contribution in [2.24, 2.45) is 5.73 Å². The fraction of sp³-hybridized carbons (Fsp3) is 0.300. The molecule has 0 bridgehead atoms. The summed E-state index contributed by atoms with van der Waals surface area (Å²) in [5, 5.41) is 14.2. The van der Waals surface area contributed by atoms with Crippen LogP contribution in [0, 0.1) is 20.8 Å². The number of amides is 1. The summed E-state index contributed by atoms with van der Waals surface area (Å²) in [7, 11) is 0. The highest BCUT2D eigenvalue weighted by Crippen LogP contribution is 2.36. The van der Waals surface area contributed by atoms with Crippen LogP contribution >= 0.6 is 22.7 Å². The first-order valence-corrected chi connectivity index (χ1v) is 15.0. The van der Waals surface area contributed by atoms with Crippen LogP contribution in [-0.4, -0.2) is 37.5 Å². The number of aromatic nitrogens is 4. The Bertz CT molecular complexity index is 1590. The number of hydrogen-bond donors (Lipinski definition) is 1. The number of thiazole rings is 2. The molecule has 1 aliphatic rings. The van der Waals surface area contributed by atoms with Crippen LogP contribution in [0.25, 0.3) is 22.7 Å². The Kier molecular flexibility index (Phi) is 8.49. The third kappa shape index (κ3) is 6.35. The minimum absolute atomic E-state index is 0.00193. The average Bonchev–Trinajstić information content (AvgIpc) is 3.76. The van der Waals surface area contributed by atoms with Gasteiger partial charge in [-0.2, -0.15) is 0 Å². The van der Waals surface area contributed by atoms with Gasteiger partial charge in [0.1, 0.15) is 5.01 Å². The van der Waals surface area contributed by atoms with E-state index in [1.165, 1.54) is 5.56 Å². The van der Waals surface area contributed by atoms with Crippen molar-refractivity contribution in [2.45, 2.75) is 52.6 Å². The Morgan fingerprint density at radius 3 is 2.40 bits per heavy atom. The van der Waals surface area contributed by atoms with Gasteiger partial charge in [-0.15, -0.1) is 32.9 Å². The molecular weight excluding hydrogens is 541 g/mol. The largest absolute Gasteiger partial charge is 0.419 e. The zero-order chi connectivity index (χ0) is 28.2. The first kappa shape index (κ1) is 27.8. The predicted molar refractivity (Wildman–Crippen MR) is 159 cm³/mol. The summed E-state index contributed by atoms with van der Waals surface area (Å²) in [5.41, 5.74) is 11.1. The van der Waals surface area contributed by atoms with E-state index >= 15 is 0 Å².